The first-order valence-corrected chi connectivity index (χ1v) is 9.69. The summed E-state index contributed by atoms with van der Waals surface area (Å²) in [5.41, 5.74) is 3.80. The Morgan fingerprint density at radius 3 is 2.19 bits per heavy atom. The Morgan fingerprint density at radius 2 is 1.55 bits per heavy atom. The van der Waals surface area contributed by atoms with Gasteiger partial charge in [-0.2, -0.15) is 0 Å². The van der Waals surface area contributed by atoms with E-state index in [1.54, 1.807) is 31.4 Å². The molecule has 1 fully saturated rings. The lowest BCUT2D eigenvalue weighted by Gasteiger charge is -2.26. The molecule has 1 saturated heterocycles. The number of hydrogen-bond acceptors (Lipinski definition) is 4. The lowest BCUT2D eigenvalue weighted by Crippen LogP contribution is -2.54. The third kappa shape index (κ3) is 3.85. The van der Waals surface area contributed by atoms with Crippen LogP contribution in [0.5, 0.6) is 5.75 Å². The van der Waals surface area contributed by atoms with Crippen molar-refractivity contribution in [2.45, 2.75) is 13.8 Å². The van der Waals surface area contributed by atoms with Gasteiger partial charge in [0, 0.05) is 17.6 Å². The van der Waals surface area contributed by atoms with E-state index in [4.69, 9.17) is 4.74 Å². The normalized spacial score (nSPS) is 15.4. The van der Waals surface area contributed by atoms with Crippen molar-refractivity contribution < 1.29 is 19.1 Å². The molecule has 0 aliphatic carbocycles. The predicted molar refractivity (Wildman–Crippen MR) is 117 cm³/mol. The Balaban J connectivity index is 1.68. The van der Waals surface area contributed by atoms with Crippen LogP contribution in [0.25, 0.3) is 11.8 Å². The van der Waals surface area contributed by atoms with E-state index in [0.29, 0.717) is 11.3 Å². The van der Waals surface area contributed by atoms with Gasteiger partial charge >= 0.3 is 6.03 Å². The lowest BCUT2D eigenvalue weighted by atomic mass is 10.1. The Labute approximate surface area is 179 Å². The molecular formula is C24H21N3O4. The molecular weight excluding hydrogens is 394 g/mol. The third-order valence-electron chi connectivity index (χ3n) is 5.09. The van der Waals surface area contributed by atoms with Crippen molar-refractivity contribution in [2.24, 2.45) is 0 Å². The molecule has 1 aliphatic rings. The van der Waals surface area contributed by atoms with Crippen LogP contribution in [0.4, 0.5) is 10.5 Å². The van der Waals surface area contributed by atoms with Gasteiger partial charge in [0.15, 0.2) is 0 Å². The molecule has 0 radical (unpaired) electrons. The average molecular weight is 415 g/mol. The van der Waals surface area contributed by atoms with Gasteiger partial charge in [-0.25, -0.2) is 9.69 Å². The number of hydrogen-bond donors (Lipinski definition) is 1. The smallest absolute Gasteiger partial charge is 0.335 e. The Morgan fingerprint density at radius 1 is 0.903 bits per heavy atom. The molecule has 3 aromatic rings. The first-order chi connectivity index (χ1) is 14.9. The molecule has 0 bridgehead atoms. The number of carbonyl (C=O) groups excluding carboxylic acids is 3. The number of imide groups is 2. The number of aromatic nitrogens is 1. The van der Waals surface area contributed by atoms with Gasteiger partial charge < -0.3 is 9.30 Å². The molecule has 0 spiro atoms. The summed E-state index contributed by atoms with van der Waals surface area (Å²) in [7, 11) is 1.61. The fourth-order valence-corrected chi connectivity index (χ4v) is 3.45. The van der Waals surface area contributed by atoms with Crippen molar-refractivity contribution in [1.29, 1.82) is 0 Å². The number of nitrogens with one attached hydrogen (secondary N) is 1. The van der Waals surface area contributed by atoms with Crippen molar-refractivity contribution in [3.63, 3.8) is 0 Å². The molecule has 7 heteroatoms. The van der Waals surface area contributed by atoms with E-state index in [1.165, 1.54) is 6.08 Å². The van der Waals surface area contributed by atoms with Gasteiger partial charge in [-0.05, 0) is 68.0 Å². The molecule has 1 N–H and O–H groups in total. The standard InChI is InChI=1S/C24H21N3O4/c1-15-4-6-19(7-5-15)27-23(29)21(22(28)25-24(27)30)13-17-12-16(2)26(14-17)18-8-10-20(31-3)11-9-18/h4-14H,1-3H3,(H,25,28,30)/b21-13-. The number of urea groups is 1. The van der Waals surface area contributed by atoms with E-state index < -0.39 is 17.8 Å². The fraction of sp³-hybridized carbons (Fsp3) is 0.125. The molecule has 1 aromatic heterocycles. The highest BCUT2D eigenvalue weighted by Crippen LogP contribution is 2.24. The van der Waals surface area contributed by atoms with Crippen molar-refractivity contribution >= 4 is 29.6 Å². The van der Waals surface area contributed by atoms with Gasteiger partial charge in [-0.15, -0.1) is 0 Å². The number of aryl methyl sites for hydroxylation is 2. The van der Waals surface area contributed by atoms with Crippen molar-refractivity contribution in [1.82, 2.24) is 9.88 Å². The molecule has 2 aromatic carbocycles. The molecule has 1 aliphatic heterocycles. The minimum absolute atomic E-state index is 0.105. The van der Waals surface area contributed by atoms with Gasteiger partial charge in [0.05, 0.1) is 12.8 Å². The number of benzene rings is 2. The quantitative estimate of drug-likeness (QED) is 0.520. The fourth-order valence-electron chi connectivity index (χ4n) is 3.45. The Hall–Kier alpha value is -4.13. The molecule has 156 valence electrons. The van der Waals surface area contributed by atoms with E-state index in [1.807, 2.05) is 54.9 Å². The maximum Gasteiger partial charge on any atom is 0.335 e. The van der Waals surface area contributed by atoms with Gasteiger partial charge in [-0.1, -0.05) is 17.7 Å². The second-order valence-corrected chi connectivity index (χ2v) is 7.28. The van der Waals surface area contributed by atoms with Crippen LogP contribution in [-0.4, -0.2) is 29.5 Å². The second-order valence-electron chi connectivity index (χ2n) is 7.28. The van der Waals surface area contributed by atoms with E-state index in [-0.39, 0.29) is 5.57 Å². The van der Waals surface area contributed by atoms with Crippen LogP contribution in [0.2, 0.25) is 0 Å². The highest BCUT2D eigenvalue weighted by Gasteiger charge is 2.36. The minimum Gasteiger partial charge on any atom is -0.497 e. The Kier molecular flexibility index (Phi) is 5.17. The summed E-state index contributed by atoms with van der Waals surface area (Å²) in [6.45, 7) is 3.84. The average Bonchev–Trinajstić information content (AvgIpc) is 3.12. The van der Waals surface area contributed by atoms with Gasteiger partial charge in [0.1, 0.15) is 11.3 Å². The third-order valence-corrected chi connectivity index (χ3v) is 5.09. The van der Waals surface area contributed by atoms with Crippen molar-refractivity contribution in [3.05, 3.63) is 83.2 Å². The summed E-state index contributed by atoms with van der Waals surface area (Å²) in [5, 5.41) is 2.25. The monoisotopic (exact) mass is 415 g/mol. The summed E-state index contributed by atoms with van der Waals surface area (Å²) in [5.74, 6) is -0.623. The number of anilines is 1. The molecule has 4 rings (SSSR count). The number of rotatable bonds is 4. The van der Waals surface area contributed by atoms with Crippen molar-refractivity contribution in [2.75, 3.05) is 12.0 Å². The van der Waals surface area contributed by atoms with Crippen LogP contribution in [0.15, 0.2) is 66.4 Å². The summed E-state index contributed by atoms with van der Waals surface area (Å²) in [6, 6.07) is 15.6. The minimum atomic E-state index is -0.761. The van der Waals surface area contributed by atoms with E-state index in [2.05, 4.69) is 5.32 Å². The van der Waals surface area contributed by atoms with Gasteiger partial charge in [0.2, 0.25) is 0 Å². The Bertz CT molecular complexity index is 1200. The van der Waals surface area contributed by atoms with Gasteiger partial charge in [0.25, 0.3) is 11.8 Å². The lowest BCUT2D eigenvalue weighted by molar-refractivity contribution is -0.122. The van der Waals surface area contributed by atoms with Crippen LogP contribution in [0.3, 0.4) is 0 Å². The molecule has 0 saturated carbocycles. The van der Waals surface area contributed by atoms with E-state index in [0.717, 1.165) is 27.6 Å². The summed E-state index contributed by atoms with van der Waals surface area (Å²) >= 11 is 0. The predicted octanol–water partition coefficient (Wildman–Crippen LogP) is 3.77. The van der Waals surface area contributed by atoms with Crippen LogP contribution >= 0.6 is 0 Å². The summed E-state index contributed by atoms with van der Waals surface area (Å²) < 4.78 is 7.14. The van der Waals surface area contributed by atoms with E-state index >= 15 is 0 Å². The number of barbiturate groups is 1. The van der Waals surface area contributed by atoms with Gasteiger partial charge in [-0.3, -0.25) is 14.9 Å². The molecule has 0 atom stereocenters. The SMILES string of the molecule is COc1ccc(-n2cc(/C=C3/C(=O)NC(=O)N(c4ccc(C)cc4)C3=O)cc2C)cc1. The zero-order valence-corrected chi connectivity index (χ0v) is 17.4. The number of amides is 4. The molecule has 7 nitrogen and oxygen atoms in total. The highest BCUT2D eigenvalue weighted by atomic mass is 16.5. The maximum absolute atomic E-state index is 13.0. The van der Waals surface area contributed by atoms with Crippen molar-refractivity contribution in [3.8, 4) is 11.4 Å². The zero-order chi connectivity index (χ0) is 22.1. The van der Waals surface area contributed by atoms with Crippen LogP contribution < -0.4 is 15.0 Å². The summed E-state index contributed by atoms with van der Waals surface area (Å²) in [4.78, 5) is 38.7. The molecule has 0 unspecified atom stereocenters. The molecule has 31 heavy (non-hydrogen) atoms. The van der Waals surface area contributed by atoms with Crippen LogP contribution in [-0.2, 0) is 9.59 Å². The highest BCUT2D eigenvalue weighted by molar-refractivity contribution is 6.39. The van der Waals surface area contributed by atoms with Crippen LogP contribution in [0.1, 0.15) is 16.8 Å². The number of carbonyl (C=O) groups is 3. The maximum atomic E-state index is 13.0. The zero-order valence-electron chi connectivity index (χ0n) is 17.4. The van der Waals surface area contributed by atoms with E-state index in [9.17, 15) is 14.4 Å². The number of nitrogens with zero attached hydrogens (tertiary/aromatic N) is 2. The number of ether oxygens (including phenoxy) is 1. The molecule has 2 heterocycles. The topological polar surface area (TPSA) is 80.6 Å². The molecule has 4 amide bonds. The number of methoxy groups -OCH3 is 1. The first kappa shape index (κ1) is 20.2. The first-order valence-electron chi connectivity index (χ1n) is 9.69. The summed E-state index contributed by atoms with van der Waals surface area (Å²) in [6.07, 6.45) is 3.33. The van der Waals surface area contributed by atoms with Crippen LogP contribution in [0, 0.1) is 13.8 Å². The largest absolute Gasteiger partial charge is 0.497 e. The second kappa shape index (κ2) is 7.95.